The van der Waals surface area contributed by atoms with Crippen LogP contribution in [0, 0.1) is 20.8 Å². The average Bonchev–Trinajstić information content (AvgIpc) is 3.21. The molecule has 0 unspecified atom stereocenters. The number of aryl methyl sites for hydroxylation is 3. The molecule has 1 aliphatic rings. The van der Waals surface area contributed by atoms with Crippen LogP contribution in [0.3, 0.4) is 0 Å². The Labute approximate surface area is 204 Å². The molecule has 5 nitrogen and oxygen atoms in total. The van der Waals surface area contributed by atoms with Crippen molar-refractivity contribution in [2.24, 2.45) is 0 Å². The number of halogens is 2. The van der Waals surface area contributed by atoms with Crippen LogP contribution in [0.15, 0.2) is 30.3 Å². The van der Waals surface area contributed by atoms with E-state index in [0.29, 0.717) is 17.1 Å². The van der Waals surface area contributed by atoms with Gasteiger partial charge in [0, 0.05) is 36.8 Å². The summed E-state index contributed by atoms with van der Waals surface area (Å²) in [6.45, 7) is 11.1. The largest absolute Gasteiger partial charge is 0.379 e. The van der Waals surface area contributed by atoms with Gasteiger partial charge < -0.3 is 4.74 Å². The molecule has 1 aromatic heterocycles. The van der Waals surface area contributed by atoms with Crippen molar-refractivity contribution in [2.45, 2.75) is 27.2 Å². The van der Waals surface area contributed by atoms with E-state index in [2.05, 4.69) is 11.8 Å². The zero-order valence-electron chi connectivity index (χ0n) is 18.7. The molecule has 2 heterocycles. The number of fused-ring (bicyclic) bond motifs is 1. The van der Waals surface area contributed by atoms with Crippen LogP contribution in [-0.4, -0.2) is 55.2 Å². The van der Waals surface area contributed by atoms with Gasteiger partial charge in [0.05, 0.1) is 23.4 Å². The van der Waals surface area contributed by atoms with Gasteiger partial charge in [-0.25, -0.2) is 4.98 Å². The fourth-order valence-corrected chi connectivity index (χ4v) is 5.00. The summed E-state index contributed by atoms with van der Waals surface area (Å²) in [7, 11) is 0. The summed E-state index contributed by atoms with van der Waals surface area (Å²) in [6, 6.07) is 9.78. The molecule has 1 fully saturated rings. The smallest absolute Gasteiger partial charge is 0.260 e. The van der Waals surface area contributed by atoms with Crippen LogP contribution >= 0.6 is 35.3 Å². The van der Waals surface area contributed by atoms with Gasteiger partial charge in [0.25, 0.3) is 5.91 Å². The molecule has 0 bridgehead atoms. The van der Waals surface area contributed by atoms with Crippen molar-refractivity contribution in [3.63, 3.8) is 0 Å². The summed E-state index contributed by atoms with van der Waals surface area (Å²) >= 11 is 7.85. The van der Waals surface area contributed by atoms with Gasteiger partial charge in [-0.1, -0.05) is 29.0 Å². The van der Waals surface area contributed by atoms with Gasteiger partial charge in [-0.05, 0) is 68.1 Å². The second-order valence-electron chi connectivity index (χ2n) is 8.08. The highest BCUT2D eigenvalue weighted by Crippen LogP contribution is 2.34. The Balaban J connectivity index is 0.00000289. The Bertz CT molecular complexity index is 1100. The molecular formula is C24H29Cl2N3O2S. The average molecular weight is 494 g/mol. The van der Waals surface area contributed by atoms with Crippen LogP contribution in [0.5, 0.6) is 0 Å². The first-order valence-corrected chi connectivity index (χ1v) is 11.9. The van der Waals surface area contributed by atoms with Crippen molar-refractivity contribution in [3.05, 3.63) is 57.6 Å². The molecule has 0 radical (unpaired) electrons. The monoisotopic (exact) mass is 493 g/mol. The van der Waals surface area contributed by atoms with Crippen molar-refractivity contribution in [1.82, 2.24) is 9.88 Å². The van der Waals surface area contributed by atoms with Crippen molar-refractivity contribution in [2.75, 3.05) is 44.3 Å². The van der Waals surface area contributed by atoms with Crippen LogP contribution in [0.2, 0.25) is 5.02 Å². The number of amides is 1. The van der Waals surface area contributed by atoms with E-state index in [1.54, 1.807) is 11.3 Å². The fraction of sp³-hybridized carbons (Fsp3) is 0.417. The lowest BCUT2D eigenvalue weighted by Gasteiger charge is -2.27. The number of nitrogens with zero attached hydrogens (tertiary/aromatic N) is 3. The minimum absolute atomic E-state index is 0. The Kier molecular flexibility index (Phi) is 8.53. The van der Waals surface area contributed by atoms with E-state index >= 15 is 0 Å². The topological polar surface area (TPSA) is 45.7 Å². The van der Waals surface area contributed by atoms with Crippen LogP contribution < -0.4 is 4.90 Å². The summed E-state index contributed by atoms with van der Waals surface area (Å²) in [6.07, 6.45) is 0.881. The predicted octanol–water partition coefficient (Wildman–Crippen LogP) is 5.67. The molecule has 8 heteroatoms. The van der Waals surface area contributed by atoms with Crippen molar-refractivity contribution in [1.29, 1.82) is 0 Å². The standard InChI is InChI=1S/C24H28ClN3O2S.ClH/c1-16-5-6-19(15-17(16)2)23(29)28(10-4-9-27-11-13-30-14-12-27)24-26-22-18(3)20(25)7-8-21(22)31-24;/h5-8,15H,4,9-14H2,1-3H3;1H. The molecule has 2 aromatic carbocycles. The number of hydrogen-bond donors (Lipinski definition) is 0. The molecule has 0 N–H and O–H groups in total. The number of aromatic nitrogens is 1. The summed E-state index contributed by atoms with van der Waals surface area (Å²) < 4.78 is 6.49. The molecule has 172 valence electrons. The van der Waals surface area contributed by atoms with E-state index in [-0.39, 0.29) is 18.3 Å². The van der Waals surface area contributed by atoms with Crippen LogP contribution in [0.25, 0.3) is 10.2 Å². The van der Waals surface area contributed by atoms with Gasteiger partial charge in [0.1, 0.15) is 0 Å². The molecule has 1 amide bonds. The molecule has 4 rings (SSSR count). The third kappa shape index (κ3) is 5.43. The summed E-state index contributed by atoms with van der Waals surface area (Å²) in [4.78, 5) is 22.6. The molecule has 0 spiro atoms. The SMILES string of the molecule is Cc1ccc(C(=O)N(CCCN2CCOCC2)c2nc3c(C)c(Cl)ccc3s2)cc1C.Cl. The lowest BCUT2D eigenvalue weighted by molar-refractivity contribution is 0.0376. The van der Waals surface area contributed by atoms with Crippen LogP contribution in [-0.2, 0) is 4.74 Å². The lowest BCUT2D eigenvalue weighted by Crippen LogP contribution is -2.39. The normalized spacial score (nSPS) is 14.4. The highest BCUT2D eigenvalue weighted by molar-refractivity contribution is 7.22. The maximum Gasteiger partial charge on any atom is 0.260 e. The number of rotatable bonds is 6. The van der Waals surface area contributed by atoms with Gasteiger partial charge in [-0.3, -0.25) is 14.6 Å². The third-order valence-electron chi connectivity index (χ3n) is 5.93. The number of thiazole rings is 1. The van der Waals surface area contributed by atoms with E-state index in [4.69, 9.17) is 21.3 Å². The summed E-state index contributed by atoms with van der Waals surface area (Å²) in [5.74, 6) is -0.00659. The Hall–Kier alpha value is -1.70. The predicted molar refractivity (Wildman–Crippen MR) is 136 cm³/mol. The van der Waals surface area contributed by atoms with Gasteiger partial charge in [0.15, 0.2) is 5.13 Å². The van der Waals surface area contributed by atoms with Crippen molar-refractivity contribution < 1.29 is 9.53 Å². The first-order chi connectivity index (χ1) is 14.9. The Morgan fingerprint density at radius 1 is 1.16 bits per heavy atom. The highest BCUT2D eigenvalue weighted by atomic mass is 35.5. The number of carbonyl (C=O) groups excluding carboxylic acids is 1. The van der Waals surface area contributed by atoms with Crippen LogP contribution in [0.4, 0.5) is 5.13 Å². The van der Waals surface area contributed by atoms with Gasteiger partial charge >= 0.3 is 0 Å². The number of hydrogen-bond acceptors (Lipinski definition) is 5. The summed E-state index contributed by atoms with van der Waals surface area (Å²) in [5, 5.41) is 1.43. The zero-order valence-corrected chi connectivity index (χ0v) is 21.1. The van der Waals surface area contributed by atoms with Gasteiger partial charge in [-0.2, -0.15) is 0 Å². The highest BCUT2D eigenvalue weighted by Gasteiger charge is 2.23. The maximum atomic E-state index is 13.6. The quantitative estimate of drug-likeness (QED) is 0.443. The van der Waals surface area contributed by atoms with E-state index in [1.165, 1.54) is 5.56 Å². The first kappa shape index (κ1) is 24.9. The summed E-state index contributed by atoms with van der Waals surface area (Å²) in [5.41, 5.74) is 4.82. The fourth-order valence-electron chi connectivity index (χ4n) is 3.80. The molecule has 3 aromatic rings. The van der Waals surface area contributed by atoms with Crippen molar-refractivity contribution in [3.8, 4) is 0 Å². The molecule has 0 saturated carbocycles. The molecule has 32 heavy (non-hydrogen) atoms. The van der Waals surface area contributed by atoms with Crippen LogP contribution in [0.1, 0.15) is 33.5 Å². The molecule has 1 aliphatic heterocycles. The van der Waals surface area contributed by atoms with Crippen molar-refractivity contribution >= 4 is 56.6 Å². The van der Waals surface area contributed by atoms with E-state index < -0.39 is 0 Å². The lowest BCUT2D eigenvalue weighted by atomic mass is 10.1. The second-order valence-corrected chi connectivity index (χ2v) is 9.50. The van der Waals surface area contributed by atoms with Gasteiger partial charge in [0.2, 0.25) is 0 Å². The number of carbonyl (C=O) groups is 1. The molecular weight excluding hydrogens is 465 g/mol. The van der Waals surface area contributed by atoms with E-state index in [0.717, 1.165) is 65.7 Å². The first-order valence-electron chi connectivity index (χ1n) is 10.7. The molecule has 0 atom stereocenters. The van der Waals surface area contributed by atoms with E-state index in [9.17, 15) is 4.79 Å². The van der Waals surface area contributed by atoms with Gasteiger partial charge in [-0.15, -0.1) is 12.4 Å². The Morgan fingerprint density at radius 3 is 2.62 bits per heavy atom. The Morgan fingerprint density at radius 2 is 1.91 bits per heavy atom. The minimum Gasteiger partial charge on any atom is -0.379 e. The number of morpholine rings is 1. The number of ether oxygens (including phenoxy) is 1. The number of anilines is 1. The molecule has 1 saturated heterocycles. The third-order valence-corrected chi connectivity index (χ3v) is 7.38. The minimum atomic E-state index is -0.00659. The maximum absolute atomic E-state index is 13.6. The zero-order chi connectivity index (χ0) is 22.0. The number of benzene rings is 2. The van der Waals surface area contributed by atoms with E-state index in [1.807, 2.05) is 49.1 Å². The second kappa shape index (κ2) is 10.9. The molecule has 0 aliphatic carbocycles.